The molecule has 0 radical (unpaired) electrons. The van der Waals surface area contributed by atoms with Gasteiger partial charge >= 0.3 is 0 Å². The second-order valence-electron chi connectivity index (χ2n) is 8.26. The molecule has 2 unspecified atom stereocenters. The van der Waals surface area contributed by atoms with Crippen molar-refractivity contribution in [3.8, 4) is 0 Å². The van der Waals surface area contributed by atoms with Crippen LogP contribution in [-0.2, 0) is 26.2 Å². The lowest BCUT2D eigenvalue weighted by Crippen LogP contribution is -2.53. The largest absolute Gasteiger partial charge is 0.352 e. The van der Waals surface area contributed by atoms with Gasteiger partial charge in [0.15, 0.2) is 0 Å². The van der Waals surface area contributed by atoms with Crippen LogP contribution in [0.5, 0.6) is 0 Å². The number of sulfonamides is 1. The van der Waals surface area contributed by atoms with Gasteiger partial charge in [0.25, 0.3) is 0 Å². The quantitative estimate of drug-likeness (QED) is 0.446. The van der Waals surface area contributed by atoms with E-state index in [1.165, 1.54) is 23.1 Å². The normalized spacial score (nSPS) is 13.1. The lowest BCUT2D eigenvalue weighted by atomic mass is 10.1. The van der Waals surface area contributed by atoms with Crippen molar-refractivity contribution in [2.45, 2.75) is 52.2 Å². The fourth-order valence-corrected chi connectivity index (χ4v) is 4.60. The monoisotopic (exact) mass is 545 g/mol. The van der Waals surface area contributed by atoms with E-state index < -0.39 is 34.3 Å². The van der Waals surface area contributed by atoms with Crippen molar-refractivity contribution in [1.82, 2.24) is 10.2 Å². The highest BCUT2D eigenvalue weighted by molar-refractivity contribution is 7.92. The van der Waals surface area contributed by atoms with Crippen LogP contribution in [0.2, 0.25) is 10.0 Å². The van der Waals surface area contributed by atoms with E-state index in [2.05, 4.69) is 5.32 Å². The summed E-state index contributed by atoms with van der Waals surface area (Å²) >= 11 is 12.2. The molecule has 0 bridgehead atoms. The number of rotatable bonds is 11. The zero-order valence-corrected chi connectivity index (χ0v) is 22.4. The van der Waals surface area contributed by atoms with E-state index in [9.17, 15) is 22.4 Å². The molecule has 2 atom stereocenters. The molecule has 2 aromatic rings. The summed E-state index contributed by atoms with van der Waals surface area (Å²) in [7, 11) is -3.94. The van der Waals surface area contributed by atoms with E-state index >= 15 is 0 Å². The number of anilines is 1. The van der Waals surface area contributed by atoms with Crippen molar-refractivity contribution in [3.63, 3.8) is 0 Å². The fraction of sp³-hybridized carbons (Fsp3) is 0.417. The molecular formula is C24H30Cl2FN3O4S. The maximum Gasteiger partial charge on any atom is 0.244 e. The standard InChI is InChI=1S/C24H30Cl2FN3O4S/c1-5-16(3)28-24(32)22(6-2)29(14-17-10-11-20(25)21(26)12-17)23(31)15-30(35(4,33)34)19-9-7-8-18(27)13-19/h7-13,16,22H,5-6,14-15H2,1-4H3,(H,28,32). The molecule has 0 aliphatic carbocycles. The topological polar surface area (TPSA) is 86.8 Å². The van der Waals surface area contributed by atoms with Crippen molar-refractivity contribution >= 4 is 50.7 Å². The Morgan fingerprint density at radius 2 is 1.74 bits per heavy atom. The molecule has 2 rings (SSSR count). The van der Waals surface area contributed by atoms with Crippen LogP contribution >= 0.6 is 23.2 Å². The number of benzene rings is 2. The number of amides is 2. The van der Waals surface area contributed by atoms with Crippen molar-refractivity contribution in [2.24, 2.45) is 0 Å². The first-order chi connectivity index (χ1) is 16.4. The molecule has 0 spiro atoms. The van der Waals surface area contributed by atoms with Crippen LogP contribution < -0.4 is 9.62 Å². The molecule has 0 saturated heterocycles. The molecule has 7 nitrogen and oxygen atoms in total. The zero-order chi connectivity index (χ0) is 26.3. The molecule has 192 valence electrons. The van der Waals surface area contributed by atoms with Gasteiger partial charge in [-0.05, 0) is 55.7 Å². The van der Waals surface area contributed by atoms with E-state index in [1.807, 2.05) is 13.8 Å². The van der Waals surface area contributed by atoms with Crippen LogP contribution in [0, 0.1) is 5.82 Å². The number of nitrogens with one attached hydrogen (secondary N) is 1. The number of hydrogen-bond acceptors (Lipinski definition) is 4. The summed E-state index contributed by atoms with van der Waals surface area (Å²) in [4.78, 5) is 27.9. The third kappa shape index (κ3) is 8.08. The van der Waals surface area contributed by atoms with Gasteiger partial charge in [0.05, 0.1) is 22.0 Å². The molecule has 11 heteroatoms. The Morgan fingerprint density at radius 3 is 2.29 bits per heavy atom. The maximum atomic E-state index is 13.8. The molecule has 2 amide bonds. The summed E-state index contributed by atoms with van der Waals surface area (Å²) < 4.78 is 39.7. The van der Waals surface area contributed by atoms with Gasteiger partial charge in [0, 0.05) is 12.6 Å². The average molecular weight is 546 g/mol. The second kappa shape index (κ2) is 12.6. The van der Waals surface area contributed by atoms with Gasteiger partial charge in [-0.2, -0.15) is 0 Å². The fourth-order valence-electron chi connectivity index (χ4n) is 3.44. The highest BCUT2D eigenvalue weighted by Crippen LogP contribution is 2.25. The van der Waals surface area contributed by atoms with Crippen LogP contribution in [0.3, 0.4) is 0 Å². The Labute approximate surface area is 216 Å². The van der Waals surface area contributed by atoms with E-state index in [0.29, 0.717) is 17.0 Å². The first-order valence-corrected chi connectivity index (χ1v) is 13.7. The van der Waals surface area contributed by atoms with Crippen molar-refractivity contribution in [2.75, 3.05) is 17.1 Å². The third-order valence-electron chi connectivity index (χ3n) is 5.50. The molecule has 0 aromatic heterocycles. The van der Waals surface area contributed by atoms with Crippen LogP contribution in [0.15, 0.2) is 42.5 Å². The number of halogens is 3. The van der Waals surface area contributed by atoms with Crippen LogP contribution in [0.1, 0.15) is 39.2 Å². The minimum atomic E-state index is -3.94. The summed E-state index contributed by atoms with van der Waals surface area (Å²) in [5.41, 5.74) is 0.617. The average Bonchev–Trinajstić information content (AvgIpc) is 2.78. The van der Waals surface area contributed by atoms with E-state index in [1.54, 1.807) is 25.1 Å². The van der Waals surface area contributed by atoms with Crippen LogP contribution in [0.25, 0.3) is 0 Å². The predicted octanol–water partition coefficient (Wildman–Crippen LogP) is 4.62. The van der Waals surface area contributed by atoms with E-state index in [0.717, 1.165) is 16.6 Å². The maximum absolute atomic E-state index is 13.8. The Bertz CT molecular complexity index is 1160. The van der Waals surface area contributed by atoms with Crippen LogP contribution in [-0.4, -0.2) is 50.0 Å². The summed E-state index contributed by atoms with van der Waals surface area (Å²) in [6.45, 7) is 4.91. The Hall–Kier alpha value is -2.36. The van der Waals surface area contributed by atoms with Gasteiger partial charge in [0.2, 0.25) is 21.8 Å². The number of carbonyl (C=O) groups excluding carboxylic acids is 2. The summed E-state index contributed by atoms with van der Waals surface area (Å²) in [6.07, 6.45) is 1.92. The minimum absolute atomic E-state index is 0.00689. The first-order valence-electron chi connectivity index (χ1n) is 11.1. The Balaban J connectivity index is 2.46. The molecular weight excluding hydrogens is 516 g/mol. The number of nitrogens with zero attached hydrogens (tertiary/aromatic N) is 2. The van der Waals surface area contributed by atoms with Crippen LogP contribution in [0.4, 0.5) is 10.1 Å². The van der Waals surface area contributed by atoms with Gasteiger partial charge in [-0.15, -0.1) is 0 Å². The second-order valence-corrected chi connectivity index (χ2v) is 11.0. The first kappa shape index (κ1) is 28.9. The lowest BCUT2D eigenvalue weighted by Gasteiger charge is -2.33. The highest BCUT2D eigenvalue weighted by Gasteiger charge is 2.32. The van der Waals surface area contributed by atoms with Gasteiger partial charge < -0.3 is 10.2 Å². The zero-order valence-electron chi connectivity index (χ0n) is 20.1. The van der Waals surface area contributed by atoms with E-state index in [4.69, 9.17) is 23.2 Å². The SMILES string of the molecule is CCC(C)NC(=O)C(CC)N(Cc1ccc(Cl)c(Cl)c1)C(=O)CN(c1cccc(F)c1)S(C)(=O)=O. The molecule has 0 aliphatic heterocycles. The number of hydrogen-bond donors (Lipinski definition) is 1. The van der Waals surface area contributed by atoms with Crippen molar-refractivity contribution in [3.05, 3.63) is 63.9 Å². The number of carbonyl (C=O) groups is 2. The Kier molecular flexibility index (Phi) is 10.4. The molecule has 0 saturated carbocycles. The Morgan fingerprint density at radius 1 is 1.06 bits per heavy atom. The molecule has 0 heterocycles. The molecule has 1 N–H and O–H groups in total. The summed E-state index contributed by atoms with van der Waals surface area (Å²) in [5.74, 6) is -1.63. The molecule has 35 heavy (non-hydrogen) atoms. The lowest BCUT2D eigenvalue weighted by molar-refractivity contribution is -0.140. The van der Waals surface area contributed by atoms with Gasteiger partial charge in [-0.3, -0.25) is 13.9 Å². The van der Waals surface area contributed by atoms with E-state index in [-0.39, 0.29) is 35.6 Å². The van der Waals surface area contributed by atoms with Crippen molar-refractivity contribution in [1.29, 1.82) is 0 Å². The molecule has 0 fully saturated rings. The smallest absolute Gasteiger partial charge is 0.244 e. The molecule has 2 aromatic carbocycles. The predicted molar refractivity (Wildman–Crippen MR) is 138 cm³/mol. The highest BCUT2D eigenvalue weighted by atomic mass is 35.5. The van der Waals surface area contributed by atoms with Crippen molar-refractivity contribution < 1.29 is 22.4 Å². The van der Waals surface area contributed by atoms with Gasteiger partial charge in [-0.1, -0.05) is 49.2 Å². The molecule has 0 aliphatic rings. The van der Waals surface area contributed by atoms with Gasteiger partial charge in [-0.25, -0.2) is 12.8 Å². The minimum Gasteiger partial charge on any atom is -0.352 e. The summed E-state index contributed by atoms with van der Waals surface area (Å²) in [5, 5.41) is 3.50. The van der Waals surface area contributed by atoms with Gasteiger partial charge in [0.1, 0.15) is 18.4 Å². The third-order valence-corrected chi connectivity index (χ3v) is 7.38. The summed E-state index contributed by atoms with van der Waals surface area (Å²) in [6, 6.07) is 8.82.